The van der Waals surface area contributed by atoms with Gasteiger partial charge >= 0.3 is 0 Å². The van der Waals surface area contributed by atoms with E-state index in [1.54, 1.807) is 31.4 Å². The van der Waals surface area contributed by atoms with E-state index in [1.165, 1.54) is 0 Å². The first-order chi connectivity index (χ1) is 8.70. The van der Waals surface area contributed by atoms with Crippen molar-refractivity contribution in [1.29, 1.82) is 0 Å². The van der Waals surface area contributed by atoms with Crippen LogP contribution >= 0.6 is 0 Å². The van der Waals surface area contributed by atoms with Crippen molar-refractivity contribution >= 4 is 17.7 Å². The summed E-state index contributed by atoms with van der Waals surface area (Å²) in [5.74, 6) is 0.722. The summed E-state index contributed by atoms with van der Waals surface area (Å²) in [6, 6.07) is 5.48. The van der Waals surface area contributed by atoms with Crippen molar-refractivity contribution in [2.45, 2.75) is 12.8 Å². The molecule has 0 aliphatic carbocycles. The maximum Gasteiger partial charge on any atom is 0.246 e. The molecule has 1 amide bonds. The number of nitrogens with zero attached hydrogens (tertiary/aromatic N) is 1. The van der Waals surface area contributed by atoms with E-state index in [1.807, 2.05) is 11.0 Å². The molecule has 2 rings (SSSR count). The molecule has 0 spiro atoms. The van der Waals surface area contributed by atoms with Gasteiger partial charge in [-0.1, -0.05) is 6.07 Å². The third kappa shape index (κ3) is 2.83. The average Bonchev–Trinajstić information content (AvgIpc) is 2.90. The molecule has 1 heterocycles. The van der Waals surface area contributed by atoms with E-state index < -0.39 is 0 Å². The smallest absolute Gasteiger partial charge is 0.246 e. The lowest BCUT2D eigenvalue weighted by atomic mass is 10.1. The monoisotopic (exact) mass is 246 g/mol. The summed E-state index contributed by atoms with van der Waals surface area (Å²) in [5.41, 5.74) is 7.29. The van der Waals surface area contributed by atoms with Crippen LogP contribution in [0.2, 0.25) is 0 Å². The molecule has 2 N–H and O–H groups in total. The Kier molecular flexibility index (Phi) is 3.87. The van der Waals surface area contributed by atoms with Crippen LogP contribution in [0.25, 0.3) is 6.08 Å². The Morgan fingerprint density at radius 2 is 2.11 bits per heavy atom. The van der Waals surface area contributed by atoms with Crippen LogP contribution < -0.4 is 10.5 Å². The minimum atomic E-state index is 0.0712. The van der Waals surface area contributed by atoms with Crippen molar-refractivity contribution in [2.75, 3.05) is 25.9 Å². The quantitative estimate of drug-likeness (QED) is 0.654. The second-order valence-electron chi connectivity index (χ2n) is 4.37. The summed E-state index contributed by atoms with van der Waals surface area (Å²) >= 11 is 0. The fraction of sp³-hybridized carbons (Fsp3) is 0.357. The maximum atomic E-state index is 11.8. The highest BCUT2D eigenvalue weighted by Crippen LogP contribution is 2.22. The van der Waals surface area contributed by atoms with Crippen molar-refractivity contribution in [1.82, 2.24) is 4.90 Å². The Balaban J connectivity index is 2.04. The van der Waals surface area contributed by atoms with Gasteiger partial charge in [-0.25, -0.2) is 0 Å². The van der Waals surface area contributed by atoms with Crippen molar-refractivity contribution in [3.63, 3.8) is 0 Å². The van der Waals surface area contributed by atoms with E-state index in [0.717, 1.165) is 31.5 Å². The zero-order chi connectivity index (χ0) is 13.0. The summed E-state index contributed by atoms with van der Waals surface area (Å²) in [6.07, 6.45) is 5.60. The van der Waals surface area contributed by atoms with Crippen LogP contribution in [0.1, 0.15) is 18.4 Å². The molecule has 1 fully saturated rings. The number of anilines is 1. The lowest BCUT2D eigenvalue weighted by Gasteiger charge is -2.11. The Hall–Kier alpha value is -1.97. The Morgan fingerprint density at radius 1 is 1.39 bits per heavy atom. The maximum absolute atomic E-state index is 11.8. The van der Waals surface area contributed by atoms with Crippen LogP contribution in [-0.4, -0.2) is 31.0 Å². The van der Waals surface area contributed by atoms with Crippen LogP contribution in [0.3, 0.4) is 0 Å². The number of nitrogens with two attached hydrogens (primary N) is 1. The third-order valence-corrected chi connectivity index (χ3v) is 3.09. The Labute approximate surface area is 107 Å². The topological polar surface area (TPSA) is 55.6 Å². The molecule has 4 heteroatoms. The fourth-order valence-corrected chi connectivity index (χ4v) is 2.07. The number of carbonyl (C=O) groups is 1. The summed E-state index contributed by atoms with van der Waals surface area (Å²) in [7, 11) is 1.58. The van der Waals surface area contributed by atoms with Crippen LogP contribution in [0, 0.1) is 0 Å². The number of amides is 1. The highest BCUT2D eigenvalue weighted by atomic mass is 16.5. The molecule has 1 saturated heterocycles. The molecule has 4 nitrogen and oxygen atoms in total. The highest BCUT2D eigenvalue weighted by molar-refractivity contribution is 5.92. The molecular formula is C14H18N2O2. The van der Waals surface area contributed by atoms with Crippen molar-refractivity contribution in [3.05, 3.63) is 29.8 Å². The molecule has 0 aromatic heterocycles. The molecule has 1 aliphatic heterocycles. The number of nitrogen functional groups attached to an aromatic ring is 1. The van der Waals surface area contributed by atoms with Gasteiger partial charge in [0.1, 0.15) is 5.75 Å². The van der Waals surface area contributed by atoms with Crippen LogP contribution in [0.5, 0.6) is 5.75 Å². The van der Waals surface area contributed by atoms with Gasteiger partial charge in [-0.2, -0.15) is 0 Å². The second kappa shape index (κ2) is 5.58. The normalized spacial score (nSPS) is 15.3. The number of ether oxygens (including phenoxy) is 1. The molecule has 0 bridgehead atoms. The zero-order valence-corrected chi connectivity index (χ0v) is 10.6. The van der Waals surface area contributed by atoms with Gasteiger partial charge in [0.25, 0.3) is 0 Å². The van der Waals surface area contributed by atoms with E-state index in [4.69, 9.17) is 10.5 Å². The number of hydrogen-bond acceptors (Lipinski definition) is 3. The van der Waals surface area contributed by atoms with Crippen LogP contribution in [0.15, 0.2) is 24.3 Å². The van der Waals surface area contributed by atoms with Gasteiger partial charge in [-0.15, -0.1) is 0 Å². The summed E-state index contributed by atoms with van der Waals surface area (Å²) in [6.45, 7) is 1.74. The minimum Gasteiger partial charge on any atom is -0.495 e. The standard InChI is InChI=1S/C14H18N2O2/c1-18-13-6-4-11(10-12(13)15)5-7-14(17)16-8-2-3-9-16/h4-7,10H,2-3,8-9,15H2,1H3/b7-5+. The van der Waals surface area contributed by atoms with Gasteiger partial charge in [-0.3, -0.25) is 4.79 Å². The number of benzene rings is 1. The first kappa shape index (κ1) is 12.5. The number of likely N-dealkylation sites (tertiary alicyclic amines) is 1. The van der Waals surface area contributed by atoms with Crippen molar-refractivity contribution in [3.8, 4) is 5.75 Å². The Bertz CT molecular complexity index is 463. The van der Waals surface area contributed by atoms with E-state index in [0.29, 0.717) is 11.4 Å². The average molecular weight is 246 g/mol. The van der Waals surface area contributed by atoms with Crippen LogP contribution in [0.4, 0.5) is 5.69 Å². The number of hydrogen-bond donors (Lipinski definition) is 1. The van der Waals surface area contributed by atoms with E-state index >= 15 is 0 Å². The van der Waals surface area contributed by atoms with Crippen LogP contribution in [-0.2, 0) is 4.79 Å². The molecule has 0 unspecified atom stereocenters. The largest absolute Gasteiger partial charge is 0.495 e. The molecule has 96 valence electrons. The van der Waals surface area contributed by atoms with E-state index in [2.05, 4.69) is 0 Å². The van der Waals surface area contributed by atoms with Gasteiger partial charge in [0, 0.05) is 19.2 Å². The number of rotatable bonds is 3. The lowest BCUT2D eigenvalue weighted by Crippen LogP contribution is -2.25. The first-order valence-electron chi connectivity index (χ1n) is 6.11. The van der Waals surface area contributed by atoms with E-state index in [9.17, 15) is 4.79 Å². The third-order valence-electron chi connectivity index (χ3n) is 3.09. The summed E-state index contributed by atoms with van der Waals surface area (Å²) in [5, 5.41) is 0. The molecule has 0 radical (unpaired) electrons. The van der Waals surface area contributed by atoms with Gasteiger partial charge < -0.3 is 15.4 Å². The van der Waals surface area contributed by atoms with Gasteiger partial charge in [0.15, 0.2) is 0 Å². The lowest BCUT2D eigenvalue weighted by molar-refractivity contribution is -0.124. The van der Waals surface area contributed by atoms with Gasteiger partial charge in [-0.05, 0) is 36.6 Å². The SMILES string of the molecule is COc1ccc(/C=C/C(=O)N2CCCC2)cc1N. The van der Waals surface area contributed by atoms with Crippen molar-refractivity contribution < 1.29 is 9.53 Å². The zero-order valence-electron chi connectivity index (χ0n) is 10.6. The molecule has 1 aromatic carbocycles. The van der Waals surface area contributed by atoms with E-state index in [-0.39, 0.29) is 5.91 Å². The molecule has 1 aromatic rings. The molecule has 18 heavy (non-hydrogen) atoms. The predicted molar refractivity (Wildman–Crippen MR) is 72.3 cm³/mol. The number of carbonyl (C=O) groups excluding carboxylic acids is 1. The summed E-state index contributed by atoms with van der Waals surface area (Å²) < 4.78 is 5.08. The molecular weight excluding hydrogens is 228 g/mol. The summed E-state index contributed by atoms with van der Waals surface area (Å²) in [4.78, 5) is 13.7. The fourth-order valence-electron chi connectivity index (χ4n) is 2.07. The van der Waals surface area contributed by atoms with Gasteiger partial charge in [0.05, 0.1) is 12.8 Å². The Morgan fingerprint density at radius 3 is 2.72 bits per heavy atom. The van der Waals surface area contributed by atoms with Crippen molar-refractivity contribution in [2.24, 2.45) is 0 Å². The molecule has 1 aliphatic rings. The molecule has 0 atom stereocenters. The second-order valence-corrected chi connectivity index (χ2v) is 4.37. The molecule has 0 saturated carbocycles. The predicted octanol–water partition coefficient (Wildman–Crippen LogP) is 1.91. The minimum absolute atomic E-state index is 0.0712. The number of methoxy groups -OCH3 is 1. The first-order valence-corrected chi connectivity index (χ1v) is 6.11. The highest BCUT2D eigenvalue weighted by Gasteiger charge is 2.14. The van der Waals surface area contributed by atoms with Gasteiger partial charge in [0.2, 0.25) is 5.91 Å².